The van der Waals surface area contributed by atoms with Gasteiger partial charge in [-0.05, 0) is 12.1 Å². The number of sulfonamides is 1. The summed E-state index contributed by atoms with van der Waals surface area (Å²) in [5, 5.41) is 10.4. The number of benzene rings is 1. The Labute approximate surface area is 136 Å². The van der Waals surface area contributed by atoms with Crippen molar-refractivity contribution in [3.8, 4) is 0 Å². The summed E-state index contributed by atoms with van der Waals surface area (Å²) >= 11 is 0. The number of hydrogen-bond acceptors (Lipinski definition) is 6. The van der Waals surface area contributed by atoms with E-state index in [2.05, 4.69) is 9.62 Å². The maximum Gasteiger partial charge on any atom is 0.240 e. The number of nitrogens with one attached hydrogen (secondary N) is 1. The molecule has 3 unspecified atom stereocenters. The lowest BCUT2D eigenvalue weighted by atomic mass is 10.1. The van der Waals surface area contributed by atoms with E-state index < -0.39 is 28.3 Å². The van der Waals surface area contributed by atoms with Gasteiger partial charge in [0.05, 0.1) is 43.0 Å². The van der Waals surface area contributed by atoms with Crippen LogP contribution in [0, 0.1) is 0 Å². The van der Waals surface area contributed by atoms with E-state index in [0.717, 1.165) is 13.1 Å². The van der Waals surface area contributed by atoms with Crippen LogP contribution in [0.15, 0.2) is 35.2 Å². The lowest BCUT2D eigenvalue weighted by Crippen LogP contribution is -2.48. The maximum atomic E-state index is 12.3. The molecule has 2 fully saturated rings. The van der Waals surface area contributed by atoms with Crippen molar-refractivity contribution in [1.82, 2.24) is 9.62 Å². The Morgan fingerprint density at radius 1 is 1.22 bits per heavy atom. The quantitative estimate of drug-likeness (QED) is 0.745. The molecule has 0 aromatic heterocycles. The molecular weight excluding hydrogens is 320 g/mol. The minimum atomic E-state index is -3.66. The predicted octanol–water partition coefficient (Wildman–Crippen LogP) is -0.575. The summed E-state index contributed by atoms with van der Waals surface area (Å²) in [6.45, 7) is 3.69. The van der Waals surface area contributed by atoms with Gasteiger partial charge in [-0.25, -0.2) is 13.1 Å². The highest BCUT2D eigenvalue weighted by Crippen LogP contribution is 2.19. The van der Waals surface area contributed by atoms with Gasteiger partial charge in [0.25, 0.3) is 0 Å². The minimum Gasteiger partial charge on any atom is -0.389 e. The zero-order chi connectivity index (χ0) is 16.3. The monoisotopic (exact) mass is 342 g/mol. The highest BCUT2D eigenvalue weighted by Gasteiger charge is 2.39. The molecular formula is C15H22N2O5S. The molecule has 3 rings (SSSR count). The molecule has 128 valence electrons. The number of rotatable bonds is 5. The number of hydrogen-bond donors (Lipinski definition) is 2. The zero-order valence-corrected chi connectivity index (χ0v) is 13.6. The Balaban J connectivity index is 1.59. The SMILES string of the molecule is O=S(=O)(NC1COC(CN2CCOCC2)C1O)c1ccccc1. The molecule has 3 atom stereocenters. The highest BCUT2D eigenvalue weighted by atomic mass is 32.2. The molecule has 8 heteroatoms. The molecule has 7 nitrogen and oxygen atoms in total. The second kappa shape index (κ2) is 7.25. The lowest BCUT2D eigenvalue weighted by Gasteiger charge is -2.29. The van der Waals surface area contributed by atoms with Crippen molar-refractivity contribution in [1.29, 1.82) is 0 Å². The largest absolute Gasteiger partial charge is 0.389 e. The van der Waals surface area contributed by atoms with E-state index in [4.69, 9.17) is 9.47 Å². The first kappa shape index (κ1) is 16.8. The third kappa shape index (κ3) is 4.09. The molecule has 2 aliphatic rings. The van der Waals surface area contributed by atoms with E-state index in [0.29, 0.717) is 19.8 Å². The van der Waals surface area contributed by atoms with Crippen molar-refractivity contribution in [3.05, 3.63) is 30.3 Å². The first-order chi connectivity index (χ1) is 11.1. The summed E-state index contributed by atoms with van der Waals surface area (Å²) in [6.07, 6.45) is -1.26. The second-order valence-corrected chi connectivity index (χ2v) is 7.53. The van der Waals surface area contributed by atoms with E-state index in [1.165, 1.54) is 12.1 Å². The van der Waals surface area contributed by atoms with E-state index in [1.54, 1.807) is 18.2 Å². The van der Waals surface area contributed by atoms with Gasteiger partial charge < -0.3 is 14.6 Å². The predicted molar refractivity (Wildman–Crippen MR) is 83.6 cm³/mol. The van der Waals surface area contributed by atoms with E-state index >= 15 is 0 Å². The number of ether oxygens (including phenoxy) is 2. The molecule has 2 aliphatic heterocycles. The van der Waals surface area contributed by atoms with Crippen molar-refractivity contribution >= 4 is 10.0 Å². The fourth-order valence-electron chi connectivity index (χ4n) is 2.85. The molecule has 0 saturated carbocycles. The van der Waals surface area contributed by atoms with E-state index in [-0.39, 0.29) is 11.5 Å². The van der Waals surface area contributed by atoms with Crippen LogP contribution >= 0.6 is 0 Å². The van der Waals surface area contributed by atoms with Crippen molar-refractivity contribution in [3.63, 3.8) is 0 Å². The fraction of sp³-hybridized carbons (Fsp3) is 0.600. The topological polar surface area (TPSA) is 88.1 Å². The van der Waals surface area contributed by atoms with Crippen LogP contribution in [0.5, 0.6) is 0 Å². The molecule has 1 aromatic carbocycles. The first-order valence-corrected chi connectivity index (χ1v) is 9.22. The lowest BCUT2D eigenvalue weighted by molar-refractivity contribution is -0.0179. The van der Waals surface area contributed by atoms with Crippen molar-refractivity contribution in [2.75, 3.05) is 39.5 Å². The van der Waals surface area contributed by atoms with E-state index in [1.807, 2.05) is 0 Å². The van der Waals surface area contributed by atoms with Gasteiger partial charge in [0.2, 0.25) is 10.0 Å². The van der Waals surface area contributed by atoms with Gasteiger partial charge in [0, 0.05) is 19.6 Å². The molecule has 0 spiro atoms. The van der Waals surface area contributed by atoms with Crippen LogP contribution in [-0.4, -0.2) is 76.1 Å². The van der Waals surface area contributed by atoms with Crippen molar-refractivity contribution in [2.24, 2.45) is 0 Å². The number of aliphatic hydroxyl groups is 1. The van der Waals surface area contributed by atoms with Crippen LogP contribution in [0.4, 0.5) is 0 Å². The molecule has 2 N–H and O–H groups in total. The van der Waals surface area contributed by atoms with Crippen LogP contribution in [-0.2, 0) is 19.5 Å². The van der Waals surface area contributed by atoms with Crippen LogP contribution in [0.2, 0.25) is 0 Å². The third-order valence-electron chi connectivity index (χ3n) is 4.18. The van der Waals surface area contributed by atoms with Crippen molar-refractivity contribution in [2.45, 2.75) is 23.1 Å². The van der Waals surface area contributed by atoms with Gasteiger partial charge in [-0.3, -0.25) is 4.90 Å². The van der Waals surface area contributed by atoms with Gasteiger partial charge in [0.15, 0.2) is 0 Å². The second-order valence-electron chi connectivity index (χ2n) is 5.82. The number of nitrogens with zero attached hydrogens (tertiary/aromatic N) is 1. The normalized spacial score (nSPS) is 29.7. The Bertz CT molecular complexity index is 604. The van der Waals surface area contributed by atoms with Gasteiger partial charge in [-0.1, -0.05) is 18.2 Å². The van der Waals surface area contributed by atoms with Crippen LogP contribution in [0.1, 0.15) is 0 Å². The Kier molecular flexibility index (Phi) is 5.30. The summed E-state index contributed by atoms with van der Waals surface area (Å²) in [4.78, 5) is 2.34. The van der Waals surface area contributed by atoms with Gasteiger partial charge in [-0.2, -0.15) is 0 Å². The minimum absolute atomic E-state index is 0.169. The molecule has 0 aliphatic carbocycles. The molecule has 2 saturated heterocycles. The summed E-state index contributed by atoms with van der Waals surface area (Å²) in [5.41, 5.74) is 0. The van der Waals surface area contributed by atoms with Gasteiger partial charge in [-0.15, -0.1) is 0 Å². The van der Waals surface area contributed by atoms with Crippen LogP contribution in [0.3, 0.4) is 0 Å². The van der Waals surface area contributed by atoms with Gasteiger partial charge in [0.1, 0.15) is 0 Å². The van der Waals surface area contributed by atoms with Gasteiger partial charge >= 0.3 is 0 Å². The molecule has 23 heavy (non-hydrogen) atoms. The first-order valence-electron chi connectivity index (χ1n) is 7.73. The molecule has 0 radical (unpaired) electrons. The van der Waals surface area contributed by atoms with Crippen molar-refractivity contribution < 1.29 is 23.0 Å². The average Bonchev–Trinajstić information content (AvgIpc) is 2.89. The van der Waals surface area contributed by atoms with Crippen LogP contribution < -0.4 is 4.72 Å². The Morgan fingerprint density at radius 2 is 1.91 bits per heavy atom. The fourth-order valence-corrected chi connectivity index (χ4v) is 4.11. The maximum absolute atomic E-state index is 12.3. The van der Waals surface area contributed by atoms with E-state index in [9.17, 15) is 13.5 Å². The third-order valence-corrected chi connectivity index (χ3v) is 5.69. The Hall–Kier alpha value is -1.03. The molecule has 0 amide bonds. The van der Waals surface area contributed by atoms with Crippen LogP contribution in [0.25, 0.3) is 0 Å². The number of morpholine rings is 1. The summed E-state index contributed by atoms with van der Waals surface area (Å²) in [7, 11) is -3.66. The molecule has 0 bridgehead atoms. The standard InChI is InChI=1S/C15H22N2O5S/c18-15-13(16-23(19,20)12-4-2-1-3-5-12)11-22-14(15)10-17-6-8-21-9-7-17/h1-5,13-16,18H,6-11H2. The Morgan fingerprint density at radius 3 is 2.61 bits per heavy atom. The molecule has 2 heterocycles. The smallest absolute Gasteiger partial charge is 0.240 e. The summed E-state index contributed by atoms with van der Waals surface area (Å²) in [6, 6.07) is 7.50. The zero-order valence-electron chi connectivity index (χ0n) is 12.8. The number of aliphatic hydroxyl groups excluding tert-OH is 1. The molecule has 1 aromatic rings. The summed E-state index contributed by atoms with van der Waals surface area (Å²) in [5.74, 6) is 0. The highest BCUT2D eigenvalue weighted by molar-refractivity contribution is 7.89. The summed E-state index contributed by atoms with van der Waals surface area (Å²) < 4.78 is 38.1. The average molecular weight is 342 g/mol.